The van der Waals surface area contributed by atoms with E-state index in [1.54, 1.807) is 0 Å². The van der Waals surface area contributed by atoms with Crippen LogP contribution in [0.3, 0.4) is 0 Å². The van der Waals surface area contributed by atoms with Gasteiger partial charge >= 0.3 is 0 Å². The van der Waals surface area contributed by atoms with Crippen LogP contribution in [0, 0.1) is 0 Å². The van der Waals surface area contributed by atoms with E-state index in [2.05, 4.69) is 23.6 Å². The minimum atomic E-state index is -0.0108. The van der Waals surface area contributed by atoms with E-state index in [9.17, 15) is 4.79 Å². The van der Waals surface area contributed by atoms with Crippen LogP contribution < -0.4 is 15.4 Å². The number of rotatable bonds is 4. The van der Waals surface area contributed by atoms with Crippen molar-refractivity contribution in [1.29, 1.82) is 0 Å². The zero-order valence-electron chi connectivity index (χ0n) is 12.7. The minimum absolute atomic E-state index is 0.0108. The van der Waals surface area contributed by atoms with Crippen molar-refractivity contribution < 1.29 is 9.53 Å². The monoisotopic (exact) mass is 288 g/mol. The summed E-state index contributed by atoms with van der Waals surface area (Å²) in [5.41, 5.74) is 2.34. The molecule has 4 heteroatoms. The van der Waals surface area contributed by atoms with Crippen LogP contribution in [0.15, 0.2) is 18.2 Å². The average molecular weight is 288 g/mol. The number of hydrogen-bond acceptors (Lipinski definition) is 3. The van der Waals surface area contributed by atoms with Crippen LogP contribution in [0.5, 0.6) is 5.75 Å². The van der Waals surface area contributed by atoms with E-state index >= 15 is 0 Å². The number of amides is 1. The molecule has 1 saturated carbocycles. The molecule has 1 fully saturated rings. The second-order valence-electron chi connectivity index (χ2n) is 6.21. The summed E-state index contributed by atoms with van der Waals surface area (Å²) in [5.74, 6) is 0.781. The van der Waals surface area contributed by atoms with Crippen LogP contribution in [0.25, 0.3) is 0 Å². The van der Waals surface area contributed by atoms with E-state index < -0.39 is 0 Å². The number of anilines is 1. The number of ether oxygens (including phenoxy) is 1. The first kappa shape index (κ1) is 14.2. The van der Waals surface area contributed by atoms with Gasteiger partial charge in [0.1, 0.15) is 5.75 Å². The van der Waals surface area contributed by atoms with Crippen LogP contribution in [0.4, 0.5) is 5.69 Å². The molecule has 1 unspecified atom stereocenters. The molecule has 1 aromatic carbocycles. The molecule has 3 rings (SSSR count). The number of carbonyl (C=O) groups is 1. The summed E-state index contributed by atoms with van der Waals surface area (Å²) in [6.07, 6.45) is 6.85. The van der Waals surface area contributed by atoms with E-state index in [0.717, 1.165) is 37.1 Å². The van der Waals surface area contributed by atoms with Crippen LogP contribution in [0.2, 0.25) is 0 Å². The Hall–Kier alpha value is -1.71. The molecule has 114 valence electrons. The van der Waals surface area contributed by atoms with Gasteiger partial charge < -0.3 is 15.4 Å². The highest BCUT2D eigenvalue weighted by Crippen LogP contribution is 2.33. The molecule has 0 bridgehead atoms. The van der Waals surface area contributed by atoms with Crippen molar-refractivity contribution >= 4 is 11.6 Å². The molecule has 0 saturated heterocycles. The molecule has 1 atom stereocenters. The predicted octanol–water partition coefficient (Wildman–Crippen LogP) is 2.87. The molecule has 0 radical (unpaired) electrons. The average Bonchev–Trinajstić information content (AvgIpc) is 2.98. The van der Waals surface area contributed by atoms with E-state index in [1.165, 1.54) is 18.4 Å². The molecular weight excluding hydrogens is 264 g/mol. The number of fused-ring (bicyclic) bond motifs is 1. The van der Waals surface area contributed by atoms with E-state index in [4.69, 9.17) is 4.74 Å². The fraction of sp³-hybridized carbons (Fsp3) is 0.588. The second kappa shape index (κ2) is 6.37. The third-order valence-electron chi connectivity index (χ3n) is 4.43. The van der Waals surface area contributed by atoms with Gasteiger partial charge in [-0.25, -0.2) is 0 Å². The summed E-state index contributed by atoms with van der Waals surface area (Å²) < 4.78 is 5.75. The lowest BCUT2D eigenvalue weighted by atomic mass is 9.98. The summed E-state index contributed by atoms with van der Waals surface area (Å²) in [6, 6.07) is 6.87. The smallest absolute Gasteiger partial charge is 0.258 e. The highest BCUT2D eigenvalue weighted by atomic mass is 16.5. The van der Waals surface area contributed by atoms with Gasteiger partial charge in [-0.15, -0.1) is 0 Å². The van der Waals surface area contributed by atoms with Crippen LogP contribution >= 0.6 is 0 Å². The van der Waals surface area contributed by atoms with Gasteiger partial charge in [0.05, 0.1) is 5.69 Å². The maximum atomic E-state index is 11.9. The Morgan fingerprint density at radius 2 is 2.14 bits per heavy atom. The zero-order chi connectivity index (χ0) is 14.7. The van der Waals surface area contributed by atoms with E-state index in [0.29, 0.717) is 12.1 Å². The van der Waals surface area contributed by atoms with Gasteiger partial charge in [-0.3, -0.25) is 4.79 Å². The van der Waals surface area contributed by atoms with Crippen molar-refractivity contribution in [2.24, 2.45) is 0 Å². The molecule has 1 heterocycles. The molecule has 2 aliphatic rings. The van der Waals surface area contributed by atoms with Crippen LogP contribution in [-0.4, -0.2) is 24.6 Å². The summed E-state index contributed by atoms with van der Waals surface area (Å²) in [6.45, 7) is 2.27. The van der Waals surface area contributed by atoms with Crippen molar-refractivity contribution in [2.75, 3.05) is 11.9 Å². The molecule has 4 nitrogen and oxygen atoms in total. The Balaban J connectivity index is 1.59. The Morgan fingerprint density at radius 1 is 1.33 bits per heavy atom. The lowest BCUT2D eigenvalue weighted by molar-refractivity contribution is -0.123. The molecular formula is C17H24N2O2. The van der Waals surface area contributed by atoms with Crippen molar-refractivity contribution in [1.82, 2.24) is 5.32 Å². The number of para-hydroxylation sites is 1. The van der Waals surface area contributed by atoms with E-state index in [1.807, 2.05) is 12.1 Å². The molecule has 1 aromatic rings. The summed E-state index contributed by atoms with van der Waals surface area (Å²) in [7, 11) is 0. The predicted molar refractivity (Wildman–Crippen MR) is 83.7 cm³/mol. The van der Waals surface area contributed by atoms with Gasteiger partial charge in [-0.1, -0.05) is 25.0 Å². The molecule has 21 heavy (non-hydrogen) atoms. The zero-order valence-corrected chi connectivity index (χ0v) is 12.7. The number of carbonyl (C=O) groups excluding carboxylic acids is 1. The first-order valence-electron chi connectivity index (χ1n) is 8.03. The first-order valence-corrected chi connectivity index (χ1v) is 8.03. The number of benzene rings is 1. The second-order valence-corrected chi connectivity index (χ2v) is 6.21. The first-order chi connectivity index (χ1) is 10.2. The van der Waals surface area contributed by atoms with E-state index in [-0.39, 0.29) is 12.5 Å². The van der Waals surface area contributed by atoms with Gasteiger partial charge in [0.2, 0.25) is 0 Å². The van der Waals surface area contributed by atoms with Gasteiger partial charge in [-0.2, -0.15) is 0 Å². The standard InChI is InChI=1S/C17H24N2O2/c1-12-9-10-13-5-4-8-15(17(13)18-12)21-11-16(20)19-14-6-2-3-7-14/h4-5,8,12,14,18H,2-3,6-7,9-11H2,1H3,(H,19,20). The van der Waals surface area contributed by atoms with Gasteiger partial charge in [0.15, 0.2) is 6.61 Å². The lowest BCUT2D eigenvalue weighted by Crippen LogP contribution is -2.36. The molecule has 0 spiro atoms. The minimum Gasteiger partial charge on any atom is -0.482 e. The van der Waals surface area contributed by atoms with Gasteiger partial charge in [0, 0.05) is 12.1 Å². The molecule has 1 aliphatic heterocycles. The molecule has 2 N–H and O–H groups in total. The summed E-state index contributed by atoms with van der Waals surface area (Å²) >= 11 is 0. The summed E-state index contributed by atoms with van der Waals surface area (Å²) in [5, 5.41) is 6.52. The molecule has 0 aromatic heterocycles. The van der Waals surface area contributed by atoms with Crippen LogP contribution in [-0.2, 0) is 11.2 Å². The summed E-state index contributed by atoms with van der Waals surface area (Å²) in [4.78, 5) is 11.9. The third kappa shape index (κ3) is 3.49. The lowest BCUT2D eigenvalue weighted by Gasteiger charge is -2.26. The Kier molecular flexibility index (Phi) is 4.32. The number of hydrogen-bond donors (Lipinski definition) is 2. The fourth-order valence-electron chi connectivity index (χ4n) is 3.24. The largest absolute Gasteiger partial charge is 0.482 e. The fourth-order valence-corrected chi connectivity index (χ4v) is 3.24. The Bertz CT molecular complexity index is 510. The normalized spacial score (nSPS) is 21.5. The molecule has 1 aliphatic carbocycles. The Morgan fingerprint density at radius 3 is 2.95 bits per heavy atom. The quantitative estimate of drug-likeness (QED) is 0.895. The highest BCUT2D eigenvalue weighted by Gasteiger charge is 2.20. The van der Waals surface area contributed by atoms with Crippen LogP contribution in [0.1, 0.15) is 44.6 Å². The maximum Gasteiger partial charge on any atom is 0.258 e. The maximum absolute atomic E-state index is 11.9. The molecule has 1 amide bonds. The Labute approximate surface area is 126 Å². The van der Waals surface area contributed by atoms with Crippen molar-refractivity contribution in [3.05, 3.63) is 23.8 Å². The SMILES string of the molecule is CC1CCc2cccc(OCC(=O)NC3CCCC3)c2N1. The number of aryl methyl sites for hydroxylation is 1. The topological polar surface area (TPSA) is 50.4 Å². The third-order valence-corrected chi connectivity index (χ3v) is 4.43. The van der Waals surface area contributed by atoms with Gasteiger partial charge in [-0.05, 0) is 44.2 Å². The van der Waals surface area contributed by atoms with Crippen molar-refractivity contribution in [3.8, 4) is 5.75 Å². The number of nitrogens with one attached hydrogen (secondary N) is 2. The highest BCUT2D eigenvalue weighted by molar-refractivity contribution is 5.78. The van der Waals surface area contributed by atoms with Crippen molar-refractivity contribution in [3.63, 3.8) is 0 Å². The van der Waals surface area contributed by atoms with Crippen molar-refractivity contribution in [2.45, 2.75) is 57.5 Å². The van der Waals surface area contributed by atoms with Gasteiger partial charge in [0.25, 0.3) is 5.91 Å².